The van der Waals surface area contributed by atoms with E-state index in [1.54, 1.807) is 7.11 Å². The average molecular weight is 403 g/mol. The first-order valence-electron chi connectivity index (χ1n) is 10.8. The maximum Gasteiger partial charge on any atom is 0.315 e. The Morgan fingerprint density at radius 2 is 1.72 bits per heavy atom. The molecule has 1 aliphatic carbocycles. The van der Waals surface area contributed by atoms with E-state index in [9.17, 15) is 9.59 Å². The second kappa shape index (κ2) is 11.0. The molecule has 1 aliphatic heterocycles. The van der Waals surface area contributed by atoms with E-state index in [1.807, 2.05) is 24.3 Å². The molecular weight excluding hydrogens is 368 g/mol. The molecular formula is C22H34N4O3. The normalized spacial score (nSPS) is 18.8. The third kappa shape index (κ3) is 7.24. The summed E-state index contributed by atoms with van der Waals surface area (Å²) >= 11 is 0. The molecule has 3 amide bonds. The third-order valence-corrected chi connectivity index (χ3v) is 5.85. The molecule has 1 saturated heterocycles. The Bertz CT molecular complexity index is 668. The molecule has 2 fully saturated rings. The first-order valence-corrected chi connectivity index (χ1v) is 10.8. The molecule has 0 aromatic heterocycles. The zero-order valence-electron chi connectivity index (χ0n) is 17.4. The van der Waals surface area contributed by atoms with Crippen molar-refractivity contribution in [3.05, 3.63) is 29.8 Å². The standard InChI is InChI=1S/C22H34N4O3/c1-29-20-9-5-6-17(14-20)15-23-21(27)16-26-12-10-19(11-13-26)25-22(28)24-18-7-3-2-4-8-18/h5-6,9,14,18-19H,2-4,7-8,10-13,15-16H2,1H3,(H,23,27)(H2,24,25,28). The number of hydrogen-bond donors (Lipinski definition) is 3. The molecule has 0 spiro atoms. The number of nitrogens with one attached hydrogen (secondary N) is 3. The first kappa shape index (κ1) is 21.4. The van der Waals surface area contributed by atoms with Gasteiger partial charge in [0.15, 0.2) is 0 Å². The predicted molar refractivity (Wildman–Crippen MR) is 113 cm³/mol. The minimum absolute atomic E-state index is 0.0225. The zero-order chi connectivity index (χ0) is 20.5. The minimum Gasteiger partial charge on any atom is -0.497 e. The molecule has 1 aromatic rings. The summed E-state index contributed by atoms with van der Waals surface area (Å²) in [5, 5.41) is 9.19. The van der Waals surface area contributed by atoms with Crippen molar-refractivity contribution in [2.45, 2.75) is 63.6 Å². The number of benzene rings is 1. The second-order valence-electron chi connectivity index (χ2n) is 8.13. The highest BCUT2D eigenvalue weighted by Gasteiger charge is 2.23. The summed E-state index contributed by atoms with van der Waals surface area (Å²) in [6.45, 7) is 2.53. The van der Waals surface area contributed by atoms with E-state index in [4.69, 9.17) is 4.74 Å². The number of carbonyl (C=O) groups excluding carboxylic acids is 2. The topological polar surface area (TPSA) is 82.7 Å². The molecule has 0 atom stereocenters. The van der Waals surface area contributed by atoms with Gasteiger partial charge in [-0.1, -0.05) is 31.4 Å². The lowest BCUT2D eigenvalue weighted by molar-refractivity contribution is -0.122. The molecule has 2 aliphatic rings. The second-order valence-corrected chi connectivity index (χ2v) is 8.13. The summed E-state index contributed by atoms with van der Waals surface area (Å²) in [4.78, 5) is 26.6. The lowest BCUT2D eigenvalue weighted by Gasteiger charge is -2.32. The quantitative estimate of drug-likeness (QED) is 0.654. The van der Waals surface area contributed by atoms with Crippen LogP contribution in [-0.2, 0) is 11.3 Å². The van der Waals surface area contributed by atoms with Crippen LogP contribution >= 0.6 is 0 Å². The molecule has 0 bridgehead atoms. The van der Waals surface area contributed by atoms with Crippen LogP contribution in [-0.4, -0.2) is 55.7 Å². The molecule has 160 valence electrons. The van der Waals surface area contributed by atoms with Crippen molar-refractivity contribution in [1.29, 1.82) is 0 Å². The van der Waals surface area contributed by atoms with Gasteiger partial charge in [-0.05, 0) is 43.4 Å². The SMILES string of the molecule is COc1cccc(CNC(=O)CN2CCC(NC(=O)NC3CCCCC3)CC2)c1. The number of carbonyl (C=O) groups is 2. The van der Waals surface area contributed by atoms with Gasteiger partial charge in [0.1, 0.15) is 5.75 Å². The number of piperidine rings is 1. The van der Waals surface area contributed by atoms with Gasteiger partial charge in [0.2, 0.25) is 5.91 Å². The molecule has 3 rings (SSSR count). The Hall–Kier alpha value is -2.28. The van der Waals surface area contributed by atoms with E-state index in [0.717, 1.165) is 50.1 Å². The Balaban J connectivity index is 1.31. The number of nitrogens with zero attached hydrogens (tertiary/aromatic N) is 1. The van der Waals surface area contributed by atoms with E-state index in [-0.39, 0.29) is 18.0 Å². The number of ether oxygens (including phenoxy) is 1. The molecule has 0 unspecified atom stereocenters. The van der Waals surface area contributed by atoms with Crippen molar-refractivity contribution in [3.63, 3.8) is 0 Å². The fraction of sp³-hybridized carbons (Fsp3) is 0.636. The van der Waals surface area contributed by atoms with Gasteiger partial charge in [-0.25, -0.2) is 4.79 Å². The lowest BCUT2D eigenvalue weighted by atomic mass is 9.96. The number of likely N-dealkylation sites (tertiary alicyclic amines) is 1. The van der Waals surface area contributed by atoms with E-state index in [0.29, 0.717) is 19.1 Å². The molecule has 3 N–H and O–H groups in total. The van der Waals surface area contributed by atoms with Crippen LogP contribution in [0, 0.1) is 0 Å². The summed E-state index contributed by atoms with van der Waals surface area (Å²) in [6, 6.07) is 8.19. The van der Waals surface area contributed by atoms with E-state index < -0.39 is 0 Å². The highest BCUT2D eigenvalue weighted by molar-refractivity contribution is 5.78. The zero-order valence-corrected chi connectivity index (χ0v) is 17.4. The maximum atomic E-state index is 12.3. The van der Waals surface area contributed by atoms with Crippen molar-refractivity contribution in [2.75, 3.05) is 26.7 Å². The fourth-order valence-corrected chi connectivity index (χ4v) is 4.14. The molecule has 1 aromatic carbocycles. The Morgan fingerprint density at radius 3 is 2.41 bits per heavy atom. The van der Waals surface area contributed by atoms with Crippen molar-refractivity contribution >= 4 is 11.9 Å². The number of hydrogen-bond acceptors (Lipinski definition) is 4. The fourth-order valence-electron chi connectivity index (χ4n) is 4.14. The minimum atomic E-state index is -0.0358. The Kier molecular flexibility index (Phi) is 8.16. The number of methoxy groups -OCH3 is 1. The predicted octanol–water partition coefficient (Wildman–Crippen LogP) is 2.41. The van der Waals surface area contributed by atoms with Crippen LogP contribution in [0.1, 0.15) is 50.5 Å². The molecule has 29 heavy (non-hydrogen) atoms. The van der Waals surface area contributed by atoms with Gasteiger partial charge in [-0.15, -0.1) is 0 Å². The Morgan fingerprint density at radius 1 is 1.03 bits per heavy atom. The summed E-state index contributed by atoms with van der Waals surface area (Å²) in [6.07, 6.45) is 7.65. The van der Waals surface area contributed by atoms with Crippen molar-refractivity contribution in [2.24, 2.45) is 0 Å². The summed E-state index contributed by atoms with van der Waals surface area (Å²) in [7, 11) is 1.63. The van der Waals surface area contributed by atoms with Crippen LogP contribution < -0.4 is 20.7 Å². The van der Waals surface area contributed by atoms with Gasteiger partial charge in [-0.2, -0.15) is 0 Å². The van der Waals surface area contributed by atoms with Crippen molar-refractivity contribution < 1.29 is 14.3 Å². The van der Waals surface area contributed by atoms with Gasteiger partial charge in [0.05, 0.1) is 13.7 Å². The van der Waals surface area contributed by atoms with Gasteiger partial charge < -0.3 is 20.7 Å². The van der Waals surface area contributed by atoms with Crippen LogP contribution in [0.15, 0.2) is 24.3 Å². The average Bonchev–Trinajstić information content (AvgIpc) is 2.74. The summed E-state index contributed by atoms with van der Waals surface area (Å²) in [5.41, 5.74) is 1.02. The monoisotopic (exact) mass is 402 g/mol. The molecule has 7 nitrogen and oxygen atoms in total. The molecule has 7 heteroatoms. The van der Waals surface area contributed by atoms with E-state index in [1.165, 1.54) is 19.3 Å². The van der Waals surface area contributed by atoms with Crippen LogP contribution in [0.2, 0.25) is 0 Å². The van der Waals surface area contributed by atoms with E-state index >= 15 is 0 Å². The number of urea groups is 1. The van der Waals surface area contributed by atoms with E-state index in [2.05, 4.69) is 20.9 Å². The highest BCUT2D eigenvalue weighted by Crippen LogP contribution is 2.17. The summed E-state index contributed by atoms with van der Waals surface area (Å²) in [5.74, 6) is 0.813. The molecule has 1 saturated carbocycles. The molecule has 1 heterocycles. The Labute approximate surface area is 173 Å². The number of amides is 3. The third-order valence-electron chi connectivity index (χ3n) is 5.85. The van der Waals surface area contributed by atoms with Gasteiger partial charge in [0, 0.05) is 31.7 Å². The largest absolute Gasteiger partial charge is 0.497 e. The first-order chi connectivity index (χ1) is 14.1. The van der Waals surface area contributed by atoms with Crippen LogP contribution in [0.4, 0.5) is 4.79 Å². The van der Waals surface area contributed by atoms with Gasteiger partial charge in [0.25, 0.3) is 0 Å². The van der Waals surface area contributed by atoms with Gasteiger partial charge in [-0.3, -0.25) is 9.69 Å². The van der Waals surface area contributed by atoms with Crippen LogP contribution in [0.5, 0.6) is 5.75 Å². The van der Waals surface area contributed by atoms with Gasteiger partial charge >= 0.3 is 6.03 Å². The van der Waals surface area contributed by atoms with Crippen molar-refractivity contribution in [1.82, 2.24) is 20.9 Å². The van der Waals surface area contributed by atoms with Crippen LogP contribution in [0.25, 0.3) is 0 Å². The van der Waals surface area contributed by atoms with Crippen LogP contribution in [0.3, 0.4) is 0 Å². The lowest BCUT2D eigenvalue weighted by Crippen LogP contribution is -2.51. The highest BCUT2D eigenvalue weighted by atomic mass is 16.5. The van der Waals surface area contributed by atoms with Crippen molar-refractivity contribution in [3.8, 4) is 5.75 Å². The maximum absolute atomic E-state index is 12.3. The summed E-state index contributed by atoms with van der Waals surface area (Å²) < 4.78 is 5.21. The molecule has 0 radical (unpaired) electrons. The smallest absolute Gasteiger partial charge is 0.315 e. The number of rotatable bonds is 7.